The molecule has 0 aromatic heterocycles. The molecule has 1 saturated heterocycles. The van der Waals surface area contributed by atoms with Gasteiger partial charge in [0, 0.05) is 16.4 Å². The van der Waals surface area contributed by atoms with Gasteiger partial charge in [0.2, 0.25) is 0 Å². The zero-order valence-electron chi connectivity index (χ0n) is 8.74. The first-order valence-corrected chi connectivity index (χ1v) is 6.28. The summed E-state index contributed by atoms with van der Waals surface area (Å²) in [4.78, 5) is 0. The van der Waals surface area contributed by atoms with Crippen LogP contribution in [0.15, 0.2) is 24.3 Å². The Balaban J connectivity index is 2.28. The van der Waals surface area contributed by atoms with Gasteiger partial charge in [-0.25, -0.2) is 0 Å². The van der Waals surface area contributed by atoms with Gasteiger partial charge in [-0.05, 0) is 47.2 Å². The number of halogens is 1. The first kappa shape index (κ1) is 11.4. The quantitative estimate of drug-likeness (QED) is 0.807. The van der Waals surface area contributed by atoms with Crippen LogP contribution < -0.4 is 0 Å². The fourth-order valence-electron chi connectivity index (χ4n) is 2.11. The molecule has 1 aliphatic rings. The van der Waals surface area contributed by atoms with Gasteiger partial charge in [0.1, 0.15) is 0 Å². The van der Waals surface area contributed by atoms with Gasteiger partial charge in [0.25, 0.3) is 0 Å². The number of benzene rings is 1. The maximum Gasteiger partial charge on any atom is 0.0943 e. The minimum absolute atomic E-state index is 0.140. The molecule has 0 aliphatic carbocycles. The Bertz CT molecular complexity index is 353. The van der Waals surface area contributed by atoms with E-state index in [4.69, 9.17) is 4.74 Å². The summed E-state index contributed by atoms with van der Waals surface area (Å²) < 4.78 is 6.63. The Kier molecular flexibility index (Phi) is 3.33. The van der Waals surface area contributed by atoms with Crippen molar-refractivity contribution >= 4 is 22.6 Å². The van der Waals surface area contributed by atoms with Crippen LogP contribution in [-0.2, 0) is 10.3 Å². The molecule has 1 aromatic rings. The molecule has 0 amide bonds. The van der Waals surface area contributed by atoms with Crippen LogP contribution in [0.4, 0.5) is 0 Å². The number of hydrogen-bond donors (Lipinski definition) is 1. The summed E-state index contributed by atoms with van der Waals surface area (Å²) >= 11 is 2.27. The predicted molar refractivity (Wildman–Crippen MR) is 67.7 cm³/mol. The average Bonchev–Trinajstić information content (AvgIpc) is 2.17. The molecule has 1 heterocycles. The van der Waals surface area contributed by atoms with E-state index in [1.807, 2.05) is 25.1 Å². The van der Waals surface area contributed by atoms with Crippen LogP contribution in [0, 0.1) is 3.57 Å². The lowest BCUT2D eigenvalue weighted by molar-refractivity contribution is -0.101. The lowest BCUT2D eigenvalue weighted by atomic mass is 9.84. The monoisotopic (exact) mass is 318 g/mol. The largest absolute Gasteiger partial charge is 0.385 e. The van der Waals surface area contributed by atoms with Gasteiger partial charge in [0.05, 0.1) is 18.3 Å². The molecule has 1 N–H and O–H groups in total. The molecule has 1 aromatic carbocycles. The molecule has 3 heteroatoms. The van der Waals surface area contributed by atoms with Crippen LogP contribution in [0.5, 0.6) is 0 Å². The van der Waals surface area contributed by atoms with E-state index in [2.05, 4.69) is 28.7 Å². The number of rotatable bonds is 1. The van der Waals surface area contributed by atoms with Crippen LogP contribution in [0.2, 0.25) is 0 Å². The van der Waals surface area contributed by atoms with Gasteiger partial charge in [-0.3, -0.25) is 0 Å². The molecule has 0 radical (unpaired) electrons. The second kappa shape index (κ2) is 4.39. The molecule has 82 valence electrons. The lowest BCUT2D eigenvalue weighted by Crippen LogP contribution is -2.37. The van der Waals surface area contributed by atoms with Gasteiger partial charge < -0.3 is 9.84 Å². The zero-order valence-corrected chi connectivity index (χ0v) is 10.9. The third-order valence-electron chi connectivity index (χ3n) is 2.91. The van der Waals surface area contributed by atoms with Crippen LogP contribution >= 0.6 is 22.6 Å². The number of hydrogen-bond acceptors (Lipinski definition) is 2. The molecule has 15 heavy (non-hydrogen) atoms. The minimum atomic E-state index is -0.696. The normalized spacial score (nSPS) is 31.5. The van der Waals surface area contributed by atoms with Gasteiger partial charge in [-0.1, -0.05) is 12.1 Å². The Morgan fingerprint density at radius 2 is 2.33 bits per heavy atom. The molecule has 2 rings (SSSR count). The highest BCUT2D eigenvalue weighted by atomic mass is 127. The molecule has 1 fully saturated rings. The first-order valence-electron chi connectivity index (χ1n) is 5.20. The zero-order chi connectivity index (χ0) is 10.9. The van der Waals surface area contributed by atoms with Crippen molar-refractivity contribution in [2.75, 3.05) is 6.61 Å². The summed E-state index contributed by atoms with van der Waals surface area (Å²) in [6, 6.07) is 8.09. The summed E-state index contributed by atoms with van der Waals surface area (Å²) in [5.41, 5.74) is 0.323. The van der Waals surface area contributed by atoms with E-state index in [0.29, 0.717) is 19.4 Å². The highest BCUT2D eigenvalue weighted by Gasteiger charge is 2.34. The third-order valence-corrected chi connectivity index (χ3v) is 3.58. The number of ether oxygens (including phenoxy) is 1. The molecular formula is C12H15IO2. The van der Waals surface area contributed by atoms with Crippen molar-refractivity contribution < 1.29 is 9.84 Å². The molecule has 0 unspecified atom stereocenters. The van der Waals surface area contributed by atoms with E-state index in [1.165, 1.54) is 0 Å². The van der Waals surface area contributed by atoms with Crippen LogP contribution in [0.25, 0.3) is 0 Å². The van der Waals surface area contributed by atoms with Crippen molar-refractivity contribution in [1.82, 2.24) is 0 Å². The fraction of sp³-hybridized carbons (Fsp3) is 0.500. The summed E-state index contributed by atoms with van der Waals surface area (Å²) in [6.45, 7) is 2.65. The second-order valence-electron chi connectivity index (χ2n) is 4.18. The molecule has 2 atom stereocenters. The summed E-state index contributed by atoms with van der Waals surface area (Å²) in [5.74, 6) is 0. The second-order valence-corrected chi connectivity index (χ2v) is 5.42. The average molecular weight is 318 g/mol. The van der Waals surface area contributed by atoms with Gasteiger partial charge >= 0.3 is 0 Å². The highest BCUT2D eigenvalue weighted by molar-refractivity contribution is 14.1. The summed E-state index contributed by atoms with van der Waals surface area (Å²) in [5, 5.41) is 10.6. The van der Waals surface area contributed by atoms with E-state index in [9.17, 15) is 5.11 Å². The van der Waals surface area contributed by atoms with E-state index in [1.54, 1.807) is 0 Å². The molecule has 1 aliphatic heterocycles. The van der Waals surface area contributed by atoms with Crippen molar-refractivity contribution in [1.29, 1.82) is 0 Å². The first-order chi connectivity index (χ1) is 7.10. The molecule has 0 spiro atoms. The van der Waals surface area contributed by atoms with Gasteiger partial charge in [-0.2, -0.15) is 0 Å². The van der Waals surface area contributed by atoms with E-state index < -0.39 is 5.60 Å². The van der Waals surface area contributed by atoms with Gasteiger partial charge in [-0.15, -0.1) is 0 Å². The molecular weight excluding hydrogens is 303 g/mol. The van der Waals surface area contributed by atoms with E-state index in [0.717, 1.165) is 9.13 Å². The van der Waals surface area contributed by atoms with Crippen molar-refractivity contribution in [3.8, 4) is 0 Å². The predicted octanol–water partition coefficient (Wildman–Crippen LogP) is 2.68. The van der Waals surface area contributed by atoms with Crippen molar-refractivity contribution in [3.63, 3.8) is 0 Å². The van der Waals surface area contributed by atoms with Crippen molar-refractivity contribution in [3.05, 3.63) is 33.4 Å². The highest BCUT2D eigenvalue weighted by Crippen LogP contribution is 2.34. The summed E-state index contributed by atoms with van der Waals surface area (Å²) in [7, 11) is 0. The Morgan fingerprint density at radius 3 is 3.00 bits per heavy atom. The van der Waals surface area contributed by atoms with Gasteiger partial charge in [0.15, 0.2) is 0 Å². The Labute approximate surface area is 104 Å². The van der Waals surface area contributed by atoms with Crippen molar-refractivity contribution in [2.45, 2.75) is 31.5 Å². The summed E-state index contributed by atoms with van der Waals surface area (Å²) in [6.07, 6.45) is 1.52. The van der Waals surface area contributed by atoms with Crippen LogP contribution in [0.1, 0.15) is 25.3 Å². The molecule has 2 nitrogen and oxygen atoms in total. The Morgan fingerprint density at radius 1 is 1.53 bits per heavy atom. The standard InChI is InChI=1S/C12H15IO2/c1-9-8-12(14,5-6-15-9)10-3-2-4-11(13)7-10/h2-4,7,9,14H,5-6,8H2,1H3/t9-,12+/m0/s1. The van der Waals surface area contributed by atoms with E-state index >= 15 is 0 Å². The maximum absolute atomic E-state index is 10.6. The lowest BCUT2D eigenvalue weighted by Gasteiger charge is -2.36. The minimum Gasteiger partial charge on any atom is -0.385 e. The van der Waals surface area contributed by atoms with Crippen molar-refractivity contribution in [2.24, 2.45) is 0 Å². The van der Waals surface area contributed by atoms with Crippen LogP contribution in [0.3, 0.4) is 0 Å². The topological polar surface area (TPSA) is 29.5 Å². The SMILES string of the molecule is C[C@H]1C[C@@](O)(c2cccc(I)c2)CCO1. The van der Waals surface area contributed by atoms with E-state index in [-0.39, 0.29) is 6.10 Å². The molecule has 0 saturated carbocycles. The van der Waals surface area contributed by atoms with Crippen LogP contribution in [-0.4, -0.2) is 17.8 Å². The Hall–Kier alpha value is -0.130. The maximum atomic E-state index is 10.6. The number of aliphatic hydroxyl groups is 1. The third kappa shape index (κ3) is 2.52. The fourth-order valence-corrected chi connectivity index (χ4v) is 2.65. The molecule has 0 bridgehead atoms. The smallest absolute Gasteiger partial charge is 0.0943 e.